The number of hydrogen-bond acceptors (Lipinski definition) is 2. The number of hydrogen-bond donors (Lipinski definition) is 0. The lowest BCUT2D eigenvalue weighted by Crippen LogP contribution is -2.24. The largest absolute Gasteiger partial charge is 0.478 e. The van der Waals surface area contributed by atoms with Gasteiger partial charge in [-0.15, -0.1) is 0 Å². The van der Waals surface area contributed by atoms with Crippen molar-refractivity contribution in [2.24, 2.45) is 4.99 Å². The maximum Gasteiger partial charge on any atom is 0.468 e. The number of nitrogens with zero attached hydrogens (tertiary/aromatic N) is 1. The highest BCUT2D eigenvalue weighted by Gasteiger charge is 2.37. The van der Waals surface area contributed by atoms with Gasteiger partial charge in [-0.25, -0.2) is 4.99 Å². The number of methoxy groups -OCH3 is 1. The standard InChI is InChI=1S/C6H8F3NO/c1-4(2)10-5(11-3)6(7,8)9/h1H2,2-3H3/b10-5-. The van der Waals surface area contributed by atoms with Crippen LogP contribution in [0.5, 0.6) is 0 Å². The Morgan fingerprint density at radius 1 is 1.45 bits per heavy atom. The fraction of sp³-hybridized carbons (Fsp3) is 0.500. The molecule has 0 aliphatic rings. The zero-order valence-corrected chi connectivity index (χ0v) is 6.20. The number of allylic oxidation sites excluding steroid dienone is 1. The normalized spacial score (nSPS) is 13.0. The molecule has 0 aliphatic carbocycles. The molecule has 5 heteroatoms. The van der Waals surface area contributed by atoms with Crippen molar-refractivity contribution in [1.29, 1.82) is 0 Å². The first-order valence-electron chi connectivity index (χ1n) is 2.73. The van der Waals surface area contributed by atoms with E-state index in [-0.39, 0.29) is 5.70 Å². The monoisotopic (exact) mass is 167 g/mol. The Labute approximate surface area is 62.4 Å². The Morgan fingerprint density at radius 3 is 2.00 bits per heavy atom. The maximum absolute atomic E-state index is 11.8. The minimum atomic E-state index is -4.53. The van der Waals surface area contributed by atoms with E-state index in [1.165, 1.54) is 6.92 Å². The summed E-state index contributed by atoms with van der Waals surface area (Å²) >= 11 is 0. The molecule has 0 spiro atoms. The van der Waals surface area contributed by atoms with Crippen LogP contribution in [0.2, 0.25) is 0 Å². The fourth-order valence-corrected chi connectivity index (χ4v) is 0.398. The van der Waals surface area contributed by atoms with Gasteiger partial charge >= 0.3 is 6.18 Å². The highest BCUT2D eigenvalue weighted by Crippen LogP contribution is 2.18. The second kappa shape index (κ2) is 3.41. The Balaban J connectivity index is 4.54. The number of aliphatic imine (C=N–C) groups is 1. The molecule has 0 bridgehead atoms. The summed E-state index contributed by atoms with van der Waals surface area (Å²) in [5.74, 6) is -1.27. The van der Waals surface area contributed by atoms with E-state index in [0.717, 1.165) is 7.11 Å². The quantitative estimate of drug-likeness (QED) is 0.433. The zero-order valence-electron chi connectivity index (χ0n) is 6.20. The lowest BCUT2D eigenvalue weighted by Gasteiger charge is -2.07. The minimum absolute atomic E-state index is 0.0548. The molecule has 0 rings (SSSR count). The molecular weight excluding hydrogens is 159 g/mol. The Morgan fingerprint density at radius 2 is 1.91 bits per heavy atom. The van der Waals surface area contributed by atoms with Gasteiger partial charge in [-0.3, -0.25) is 0 Å². The fourth-order valence-electron chi connectivity index (χ4n) is 0.398. The molecule has 0 N–H and O–H groups in total. The lowest BCUT2D eigenvalue weighted by molar-refractivity contribution is -0.0756. The molecule has 0 unspecified atom stereocenters. The Kier molecular flexibility index (Phi) is 3.10. The van der Waals surface area contributed by atoms with E-state index in [1.807, 2.05) is 0 Å². The average Bonchev–Trinajstić information content (AvgIpc) is 1.79. The van der Waals surface area contributed by atoms with Crippen LogP contribution in [-0.2, 0) is 4.74 Å². The SMILES string of the molecule is C=C(C)/N=C(\OC)C(F)(F)F. The average molecular weight is 167 g/mol. The predicted octanol–water partition coefficient (Wildman–Crippen LogP) is 2.13. The molecule has 11 heavy (non-hydrogen) atoms. The van der Waals surface area contributed by atoms with Crippen LogP contribution in [0.1, 0.15) is 6.92 Å². The molecule has 0 heterocycles. The Hall–Kier alpha value is -1.00. The van der Waals surface area contributed by atoms with Crippen molar-refractivity contribution in [3.8, 4) is 0 Å². The topological polar surface area (TPSA) is 21.6 Å². The predicted molar refractivity (Wildman–Crippen MR) is 35.3 cm³/mol. The van der Waals surface area contributed by atoms with E-state index in [4.69, 9.17) is 0 Å². The third-order valence-corrected chi connectivity index (χ3v) is 0.728. The molecule has 0 amide bonds. The summed E-state index contributed by atoms with van der Waals surface area (Å²) in [5.41, 5.74) is 0.0548. The summed E-state index contributed by atoms with van der Waals surface area (Å²) in [7, 11) is 0.912. The molecule has 0 aromatic heterocycles. The molecule has 64 valence electrons. The first kappa shape index (κ1) is 10.0. The first-order chi connectivity index (χ1) is 4.88. The van der Waals surface area contributed by atoms with Crippen LogP contribution in [0.15, 0.2) is 17.3 Å². The second-order valence-corrected chi connectivity index (χ2v) is 1.85. The highest BCUT2D eigenvalue weighted by molar-refractivity contribution is 5.82. The summed E-state index contributed by atoms with van der Waals surface area (Å²) in [6.07, 6.45) is -4.53. The number of alkyl halides is 3. The smallest absolute Gasteiger partial charge is 0.468 e. The molecule has 0 aromatic carbocycles. The number of halogens is 3. The summed E-state index contributed by atoms with van der Waals surface area (Å²) in [6, 6.07) is 0. The van der Waals surface area contributed by atoms with Crippen LogP contribution in [0, 0.1) is 0 Å². The van der Waals surface area contributed by atoms with E-state index in [0.29, 0.717) is 0 Å². The summed E-state index contributed by atoms with van der Waals surface area (Å²) < 4.78 is 39.3. The van der Waals surface area contributed by atoms with Gasteiger partial charge in [0.05, 0.1) is 7.11 Å². The third-order valence-electron chi connectivity index (χ3n) is 0.728. The van der Waals surface area contributed by atoms with Crippen molar-refractivity contribution in [2.45, 2.75) is 13.1 Å². The van der Waals surface area contributed by atoms with Crippen LogP contribution in [-0.4, -0.2) is 19.2 Å². The molecule has 0 aliphatic heterocycles. The molecule has 0 atom stereocenters. The van der Waals surface area contributed by atoms with Gasteiger partial charge in [-0.05, 0) is 6.92 Å². The maximum atomic E-state index is 11.8. The lowest BCUT2D eigenvalue weighted by atomic mass is 10.5. The van der Waals surface area contributed by atoms with Crippen LogP contribution in [0.3, 0.4) is 0 Å². The highest BCUT2D eigenvalue weighted by atomic mass is 19.4. The van der Waals surface area contributed by atoms with E-state index < -0.39 is 12.1 Å². The summed E-state index contributed by atoms with van der Waals surface area (Å²) in [6.45, 7) is 4.54. The van der Waals surface area contributed by atoms with Crippen molar-refractivity contribution in [3.63, 3.8) is 0 Å². The van der Waals surface area contributed by atoms with Gasteiger partial charge in [-0.1, -0.05) is 6.58 Å². The molecule has 0 fully saturated rings. The van der Waals surface area contributed by atoms with Gasteiger partial charge in [-0.2, -0.15) is 13.2 Å². The van der Waals surface area contributed by atoms with Gasteiger partial charge in [0.15, 0.2) is 0 Å². The minimum Gasteiger partial charge on any atom is -0.478 e. The molecule has 0 saturated carbocycles. The van der Waals surface area contributed by atoms with Crippen molar-refractivity contribution in [2.75, 3.05) is 7.11 Å². The number of rotatable bonds is 1. The first-order valence-corrected chi connectivity index (χ1v) is 2.73. The van der Waals surface area contributed by atoms with Gasteiger partial charge in [0, 0.05) is 5.70 Å². The third kappa shape index (κ3) is 3.64. The van der Waals surface area contributed by atoms with Gasteiger partial charge in [0.2, 0.25) is 0 Å². The molecule has 2 nitrogen and oxygen atoms in total. The summed E-state index contributed by atoms with van der Waals surface area (Å²) in [4.78, 5) is 3.04. The van der Waals surface area contributed by atoms with Crippen LogP contribution < -0.4 is 0 Å². The molecule has 0 radical (unpaired) electrons. The van der Waals surface area contributed by atoms with Crippen molar-refractivity contribution in [1.82, 2.24) is 0 Å². The van der Waals surface area contributed by atoms with Gasteiger partial charge in [0.1, 0.15) is 0 Å². The van der Waals surface area contributed by atoms with E-state index >= 15 is 0 Å². The second-order valence-electron chi connectivity index (χ2n) is 1.85. The molecular formula is C6H8F3NO. The van der Waals surface area contributed by atoms with E-state index in [9.17, 15) is 13.2 Å². The van der Waals surface area contributed by atoms with E-state index in [1.54, 1.807) is 0 Å². The van der Waals surface area contributed by atoms with Crippen molar-refractivity contribution < 1.29 is 17.9 Å². The van der Waals surface area contributed by atoms with Crippen LogP contribution >= 0.6 is 0 Å². The molecule has 0 saturated heterocycles. The zero-order chi connectivity index (χ0) is 9.07. The van der Waals surface area contributed by atoms with Gasteiger partial charge < -0.3 is 4.74 Å². The summed E-state index contributed by atoms with van der Waals surface area (Å²) in [5, 5.41) is 0. The van der Waals surface area contributed by atoms with Crippen LogP contribution in [0.4, 0.5) is 13.2 Å². The van der Waals surface area contributed by atoms with Crippen molar-refractivity contribution in [3.05, 3.63) is 12.3 Å². The van der Waals surface area contributed by atoms with E-state index in [2.05, 4.69) is 16.3 Å². The van der Waals surface area contributed by atoms with Crippen LogP contribution in [0.25, 0.3) is 0 Å². The molecule has 0 aromatic rings. The van der Waals surface area contributed by atoms with Gasteiger partial charge in [0.25, 0.3) is 5.90 Å². The Bertz CT molecular complexity index is 183. The van der Waals surface area contributed by atoms with Crippen molar-refractivity contribution >= 4 is 5.90 Å². The number of ether oxygens (including phenoxy) is 1.